The van der Waals surface area contributed by atoms with Gasteiger partial charge in [0.15, 0.2) is 0 Å². The molecular weight excluding hydrogens is 278 g/mol. The van der Waals surface area contributed by atoms with Crippen molar-refractivity contribution < 1.29 is 5.11 Å². The van der Waals surface area contributed by atoms with Gasteiger partial charge in [-0.3, -0.25) is 0 Å². The van der Waals surface area contributed by atoms with Crippen molar-refractivity contribution in [3.63, 3.8) is 0 Å². The number of phenolic OH excluding ortho intramolecular Hbond substituents is 1. The first-order valence-electron chi connectivity index (χ1n) is 7.75. The van der Waals surface area contributed by atoms with Crippen molar-refractivity contribution in [1.29, 1.82) is 0 Å². The molecule has 1 aliphatic rings. The summed E-state index contributed by atoms with van der Waals surface area (Å²) in [4.78, 5) is 2.82. The van der Waals surface area contributed by atoms with Gasteiger partial charge < -0.3 is 10.4 Å². The van der Waals surface area contributed by atoms with Crippen LogP contribution in [0.25, 0.3) is 0 Å². The maximum atomic E-state index is 9.75. The Morgan fingerprint density at radius 1 is 1.33 bits per heavy atom. The molecule has 21 heavy (non-hydrogen) atoms. The predicted octanol–water partition coefficient (Wildman–Crippen LogP) is 4.36. The highest BCUT2D eigenvalue weighted by Gasteiger charge is 2.22. The quantitative estimate of drug-likeness (QED) is 0.879. The minimum absolute atomic E-state index is 0.372. The van der Waals surface area contributed by atoms with Crippen molar-refractivity contribution in [3.05, 3.63) is 51.2 Å². The van der Waals surface area contributed by atoms with Gasteiger partial charge in [-0.05, 0) is 74.9 Å². The molecule has 0 saturated carbocycles. The first-order chi connectivity index (χ1) is 10.1. The second-order valence-electron chi connectivity index (χ2n) is 6.11. The van der Waals surface area contributed by atoms with E-state index in [4.69, 9.17) is 0 Å². The lowest BCUT2D eigenvalue weighted by Crippen LogP contribution is -2.33. The molecule has 0 aliphatic heterocycles. The van der Waals surface area contributed by atoms with Crippen LogP contribution in [0.1, 0.15) is 46.7 Å². The molecule has 2 N–H and O–H groups in total. The van der Waals surface area contributed by atoms with E-state index >= 15 is 0 Å². The largest absolute Gasteiger partial charge is 0.508 e. The molecule has 3 heteroatoms. The van der Waals surface area contributed by atoms with Gasteiger partial charge in [-0.15, -0.1) is 11.3 Å². The summed E-state index contributed by atoms with van der Waals surface area (Å²) < 4.78 is 0. The van der Waals surface area contributed by atoms with Crippen LogP contribution in [0.15, 0.2) is 30.3 Å². The molecule has 2 nitrogen and oxygen atoms in total. The summed E-state index contributed by atoms with van der Waals surface area (Å²) >= 11 is 1.89. The van der Waals surface area contributed by atoms with Crippen molar-refractivity contribution in [2.75, 3.05) is 0 Å². The number of hydrogen-bond donors (Lipinski definition) is 2. The van der Waals surface area contributed by atoms with Gasteiger partial charge in [-0.1, -0.05) is 6.07 Å². The Balaban J connectivity index is 1.69. The van der Waals surface area contributed by atoms with Crippen molar-refractivity contribution in [3.8, 4) is 5.75 Å². The standard InChI is InChI=1S/C18H23NOS/c1-12(10-16-9-6-13(2)21-16)19-18-5-3-4-14-7-8-15(20)11-17(14)18/h6-9,11-12,18-20H,3-5,10H2,1-2H3. The van der Waals surface area contributed by atoms with E-state index < -0.39 is 0 Å². The summed E-state index contributed by atoms with van der Waals surface area (Å²) in [7, 11) is 0. The Hall–Kier alpha value is -1.32. The Labute approximate surface area is 130 Å². The van der Waals surface area contributed by atoms with Gasteiger partial charge in [0, 0.05) is 21.8 Å². The molecule has 1 aromatic carbocycles. The number of hydrogen-bond acceptors (Lipinski definition) is 3. The molecule has 1 heterocycles. The van der Waals surface area contributed by atoms with Gasteiger partial charge in [0.1, 0.15) is 5.75 Å². The zero-order valence-corrected chi connectivity index (χ0v) is 13.5. The summed E-state index contributed by atoms with van der Waals surface area (Å²) in [6.45, 7) is 4.42. The molecule has 0 radical (unpaired) electrons. The highest BCUT2D eigenvalue weighted by Crippen LogP contribution is 2.32. The molecule has 0 bridgehead atoms. The van der Waals surface area contributed by atoms with E-state index in [0.717, 1.165) is 19.3 Å². The Morgan fingerprint density at radius 3 is 2.95 bits per heavy atom. The smallest absolute Gasteiger partial charge is 0.115 e. The van der Waals surface area contributed by atoms with Gasteiger partial charge in [0.05, 0.1) is 0 Å². The molecule has 2 unspecified atom stereocenters. The van der Waals surface area contributed by atoms with E-state index in [-0.39, 0.29) is 0 Å². The average molecular weight is 301 g/mol. The average Bonchev–Trinajstić information content (AvgIpc) is 2.84. The zero-order valence-electron chi connectivity index (χ0n) is 12.7. The number of aromatic hydroxyl groups is 1. The lowest BCUT2D eigenvalue weighted by atomic mass is 9.87. The number of thiophene rings is 1. The van der Waals surface area contributed by atoms with E-state index in [2.05, 4.69) is 37.4 Å². The van der Waals surface area contributed by atoms with Crippen LogP contribution in [0, 0.1) is 6.92 Å². The Morgan fingerprint density at radius 2 is 2.19 bits per heavy atom. The number of benzene rings is 1. The monoisotopic (exact) mass is 301 g/mol. The highest BCUT2D eigenvalue weighted by atomic mass is 32.1. The van der Waals surface area contributed by atoms with E-state index in [1.54, 1.807) is 6.07 Å². The lowest BCUT2D eigenvalue weighted by molar-refractivity contribution is 0.404. The minimum atomic E-state index is 0.372. The predicted molar refractivity (Wildman–Crippen MR) is 89.1 cm³/mol. The highest BCUT2D eigenvalue weighted by molar-refractivity contribution is 7.11. The molecule has 1 aliphatic carbocycles. The van der Waals surface area contributed by atoms with E-state index in [1.807, 2.05) is 17.4 Å². The maximum absolute atomic E-state index is 9.75. The van der Waals surface area contributed by atoms with E-state index in [9.17, 15) is 5.11 Å². The molecule has 0 saturated heterocycles. The first kappa shape index (κ1) is 14.6. The van der Waals surface area contributed by atoms with Gasteiger partial charge >= 0.3 is 0 Å². The molecule has 0 fully saturated rings. The fraction of sp³-hybridized carbons (Fsp3) is 0.444. The molecule has 0 spiro atoms. The molecule has 3 rings (SSSR count). The van der Waals surface area contributed by atoms with Gasteiger partial charge in [-0.25, -0.2) is 0 Å². The summed E-state index contributed by atoms with van der Waals surface area (Å²) in [5.74, 6) is 0.379. The van der Waals surface area contributed by atoms with Gasteiger partial charge in [-0.2, -0.15) is 0 Å². The second kappa shape index (κ2) is 6.20. The van der Waals surface area contributed by atoms with E-state index in [1.165, 1.54) is 27.3 Å². The molecule has 112 valence electrons. The van der Waals surface area contributed by atoms with Crippen molar-refractivity contribution in [2.24, 2.45) is 0 Å². The van der Waals surface area contributed by atoms with Crippen LogP contribution >= 0.6 is 11.3 Å². The lowest BCUT2D eigenvalue weighted by Gasteiger charge is -2.29. The summed E-state index contributed by atoms with van der Waals surface area (Å²) in [5.41, 5.74) is 2.67. The van der Waals surface area contributed by atoms with Gasteiger partial charge in [0.25, 0.3) is 0 Å². The molecule has 2 aromatic rings. The van der Waals surface area contributed by atoms with Crippen molar-refractivity contribution in [1.82, 2.24) is 5.32 Å². The van der Waals surface area contributed by atoms with Crippen LogP contribution in [0.3, 0.4) is 0 Å². The van der Waals surface area contributed by atoms with Crippen LogP contribution in [0.5, 0.6) is 5.75 Å². The topological polar surface area (TPSA) is 32.3 Å². The third-order valence-electron chi connectivity index (χ3n) is 4.23. The van der Waals surface area contributed by atoms with Crippen LogP contribution in [-0.4, -0.2) is 11.1 Å². The molecule has 0 amide bonds. The van der Waals surface area contributed by atoms with Crippen molar-refractivity contribution >= 4 is 11.3 Å². The van der Waals surface area contributed by atoms with Crippen molar-refractivity contribution in [2.45, 2.75) is 51.6 Å². The number of phenols is 1. The summed E-state index contributed by atoms with van der Waals surface area (Å²) in [6.07, 6.45) is 4.58. The minimum Gasteiger partial charge on any atom is -0.508 e. The fourth-order valence-electron chi connectivity index (χ4n) is 3.26. The second-order valence-corrected chi connectivity index (χ2v) is 7.48. The number of rotatable bonds is 4. The third-order valence-corrected chi connectivity index (χ3v) is 5.26. The normalized spacial score (nSPS) is 19.2. The summed E-state index contributed by atoms with van der Waals surface area (Å²) in [5, 5.41) is 13.5. The summed E-state index contributed by atoms with van der Waals surface area (Å²) in [6, 6.07) is 11.1. The van der Waals surface area contributed by atoms with Gasteiger partial charge in [0.2, 0.25) is 0 Å². The molecule has 1 aromatic heterocycles. The maximum Gasteiger partial charge on any atom is 0.115 e. The fourth-order valence-corrected chi connectivity index (χ4v) is 4.28. The number of fused-ring (bicyclic) bond motifs is 1. The molecular formula is C18H23NOS. The Kier molecular flexibility index (Phi) is 4.32. The Bertz CT molecular complexity index is 619. The number of nitrogens with one attached hydrogen (secondary N) is 1. The third kappa shape index (κ3) is 3.47. The van der Waals surface area contributed by atoms with E-state index in [0.29, 0.717) is 17.8 Å². The SMILES string of the molecule is Cc1ccc(CC(C)NC2CCCc3ccc(O)cc32)s1. The van der Waals surface area contributed by atoms with Crippen LogP contribution in [0.4, 0.5) is 0 Å². The van der Waals surface area contributed by atoms with Crippen LogP contribution in [-0.2, 0) is 12.8 Å². The van der Waals surface area contributed by atoms with Crippen LogP contribution < -0.4 is 5.32 Å². The number of aryl methyl sites for hydroxylation is 2. The first-order valence-corrected chi connectivity index (χ1v) is 8.56. The van der Waals surface area contributed by atoms with Crippen LogP contribution in [0.2, 0.25) is 0 Å². The zero-order chi connectivity index (χ0) is 14.8. The molecule has 2 atom stereocenters.